The molecule has 2 aromatic rings. The minimum atomic E-state index is -1.42. The van der Waals surface area contributed by atoms with Gasteiger partial charge >= 0.3 is 6.03 Å². The Balaban J connectivity index is 1.51. The third-order valence-corrected chi connectivity index (χ3v) is 4.61. The second-order valence-electron chi connectivity index (χ2n) is 6.78. The standard InChI is InChI=1S/C20H25N3O8/c1-29-15-5-3-2-4-13(15)22-20(28)21-11-6-8-12(9-7-11)23-31-19-17(27)16(26)18(30-19)14(25)10-24/h2-9,14,16-19,23-27H,10H2,1H3,(H2,21,22,28)/t14-,16-,17+,18-,19+/m0/s1. The Labute approximate surface area is 178 Å². The summed E-state index contributed by atoms with van der Waals surface area (Å²) in [6, 6.07) is 13.0. The normalized spacial score (nSPS) is 23.8. The Kier molecular flexibility index (Phi) is 7.63. The molecule has 11 heteroatoms. The van der Waals surface area contributed by atoms with E-state index in [1.165, 1.54) is 7.11 Å². The Bertz CT molecular complexity index is 866. The number of rotatable bonds is 8. The molecule has 11 nitrogen and oxygen atoms in total. The molecule has 7 N–H and O–H groups in total. The average molecular weight is 435 g/mol. The number of ether oxygens (including phenoxy) is 2. The van der Waals surface area contributed by atoms with E-state index in [9.17, 15) is 20.1 Å². The van der Waals surface area contributed by atoms with Gasteiger partial charge in [-0.1, -0.05) is 12.1 Å². The lowest BCUT2D eigenvalue weighted by Gasteiger charge is -2.18. The number of aliphatic hydroxyl groups excluding tert-OH is 4. The van der Waals surface area contributed by atoms with Crippen molar-refractivity contribution in [2.75, 3.05) is 29.8 Å². The summed E-state index contributed by atoms with van der Waals surface area (Å²) in [5, 5.41) is 43.8. The van der Waals surface area contributed by atoms with Gasteiger partial charge < -0.3 is 40.5 Å². The summed E-state index contributed by atoms with van der Waals surface area (Å²) in [7, 11) is 1.51. The average Bonchev–Trinajstić information content (AvgIpc) is 3.07. The van der Waals surface area contributed by atoms with Crippen molar-refractivity contribution in [2.24, 2.45) is 0 Å². The Morgan fingerprint density at radius 2 is 1.74 bits per heavy atom. The molecular formula is C20H25N3O8. The van der Waals surface area contributed by atoms with Crippen LogP contribution in [0.4, 0.5) is 21.9 Å². The number of hydrogen-bond acceptors (Lipinski definition) is 9. The summed E-state index contributed by atoms with van der Waals surface area (Å²) >= 11 is 0. The van der Waals surface area contributed by atoms with Crippen molar-refractivity contribution in [3.63, 3.8) is 0 Å². The first-order valence-corrected chi connectivity index (χ1v) is 9.46. The molecule has 0 radical (unpaired) electrons. The number of para-hydroxylation sites is 2. The topological polar surface area (TPSA) is 162 Å². The molecular weight excluding hydrogens is 410 g/mol. The highest BCUT2D eigenvalue weighted by atomic mass is 16.8. The minimum Gasteiger partial charge on any atom is -0.495 e. The van der Waals surface area contributed by atoms with E-state index < -0.39 is 43.3 Å². The van der Waals surface area contributed by atoms with Crippen molar-refractivity contribution in [3.8, 4) is 5.75 Å². The molecule has 0 saturated carbocycles. The number of amides is 2. The minimum absolute atomic E-state index is 0.452. The zero-order chi connectivity index (χ0) is 22.4. The number of hydrogen-bond donors (Lipinski definition) is 7. The first-order valence-electron chi connectivity index (χ1n) is 9.46. The molecule has 1 aliphatic rings. The van der Waals surface area contributed by atoms with Crippen LogP contribution in [0.2, 0.25) is 0 Å². The van der Waals surface area contributed by atoms with E-state index in [1.54, 1.807) is 48.5 Å². The van der Waals surface area contributed by atoms with Crippen molar-refractivity contribution < 1.29 is 39.5 Å². The Morgan fingerprint density at radius 3 is 2.42 bits per heavy atom. The predicted octanol–water partition coefficient (Wildman–Crippen LogP) is 0.483. The predicted molar refractivity (Wildman–Crippen MR) is 111 cm³/mol. The van der Waals surface area contributed by atoms with E-state index in [-0.39, 0.29) is 0 Å². The number of methoxy groups -OCH3 is 1. The molecule has 168 valence electrons. The van der Waals surface area contributed by atoms with Gasteiger partial charge in [0.25, 0.3) is 0 Å². The number of carbonyl (C=O) groups is 1. The van der Waals surface area contributed by atoms with Crippen LogP contribution in [0.3, 0.4) is 0 Å². The van der Waals surface area contributed by atoms with Gasteiger partial charge in [0.05, 0.1) is 25.1 Å². The van der Waals surface area contributed by atoms with Gasteiger partial charge in [0.1, 0.15) is 30.2 Å². The summed E-state index contributed by atoms with van der Waals surface area (Å²) in [6.45, 7) is -0.631. The quantitative estimate of drug-likeness (QED) is 0.292. The highest BCUT2D eigenvalue weighted by molar-refractivity contribution is 6.00. The second-order valence-corrected chi connectivity index (χ2v) is 6.78. The van der Waals surface area contributed by atoms with E-state index in [1.807, 2.05) is 0 Å². The van der Waals surface area contributed by atoms with Crippen LogP contribution in [0, 0.1) is 0 Å². The molecule has 1 fully saturated rings. The van der Waals surface area contributed by atoms with E-state index in [4.69, 9.17) is 19.4 Å². The van der Waals surface area contributed by atoms with Gasteiger partial charge in [-0.15, -0.1) is 0 Å². The maximum Gasteiger partial charge on any atom is 0.323 e. The largest absolute Gasteiger partial charge is 0.495 e. The van der Waals surface area contributed by atoms with Crippen LogP contribution in [0.1, 0.15) is 0 Å². The number of anilines is 3. The third kappa shape index (κ3) is 5.61. The van der Waals surface area contributed by atoms with Gasteiger partial charge in [-0.3, -0.25) is 5.48 Å². The fourth-order valence-corrected chi connectivity index (χ4v) is 2.97. The van der Waals surface area contributed by atoms with E-state index >= 15 is 0 Å². The van der Waals surface area contributed by atoms with Crippen LogP contribution < -0.4 is 20.9 Å². The molecule has 0 aromatic heterocycles. The zero-order valence-corrected chi connectivity index (χ0v) is 16.6. The SMILES string of the molecule is COc1ccccc1NC(=O)Nc1ccc(NO[C@H]2O[C@@H]([C@@H](O)CO)[C@@H](O)[C@H]2O)cc1. The van der Waals surface area contributed by atoms with Crippen LogP contribution in [0.15, 0.2) is 48.5 Å². The molecule has 1 aliphatic heterocycles. The van der Waals surface area contributed by atoms with Gasteiger partial charge in [0.15, 0.2) is 0 Å². The van der Waals surface area contributed by atoms with Gasteiger partial charge in [0.2, 0.25) is 6.29 Å². The molecule has 0 aliphatic carbocycles. The van der Waals surface area contributed by atoms with Crippen LogP contribution in [-0.2, 0) is 9.57 Å². The molecule has 1 heterocycles. The number of benzene rings is 2. The lowest BCUT2D eigenvalue weighted by atomic mass is 10.1. The highest BCUT2D eigenvalue weighted by Crippen LogP contribution is 2.26. The molecule has 2 amide bonds. The van der Waals surface area contributed by atoms with Crippen molar-refractivity contribution in [3.05, 3.63) is 48.5 Å². The van der Waals surface area contributed by atoms with Crippen LogP contribution in [0.25, 0.3) is 0 Å². The fraction of sp³-hybridized carbons (Fsp3) is 0.350. The van der Waals surface area contributed by atoms with Gasteiger partial charge in [-0.2, -0.15) is 0 Å². The Morgan fingerprint density at radius 1 is 1.06 bits per heavy atom. The highest BCUT2D eigenvalue weighted by Gasteiger charge is 2.46. The van der Waals surface area contributed by atoms with E-state index in [2.05, 4.69) is 16.1 Å². The smallest absolute Gasteiger partial charge is 0.323 e. The van der Waals surface area contributed by atoms with Gasteiger partial charge in [0, 0.05) is 5.69 Å². The molecule has 1 saturated heterocycles. The first kappa shape index (κ1) is 22.7. The monoisotopic (exact) mass is 435 g/mol. The summed E-state index contributed by atoms with van der Waals surface area (Å²) in [5.74, 6) is 0.532. The summed E-state index contributed by atoms with van der Waals surface area (Å²) < 4.78 is 10.4. The Hall–Kier alpha value is -2.93. The molecule has 5 atom stereocenters. The number of urea groups is 1. The lowest BCUT2D eigenvalue weighted by Crippen LogP contribution is -2.40. The zero-order valence-electron chi connectivity index (χ0n) is 16.6. The fourth-order valence-electron chi connectivity index (χ4n) is 2.97. The van der Waals surface area contributed by atoms with Crippen molar-refractivity contribution >= 4 is 23.1 Å². The molecule has 3 rings (SSSR count). The second kappa shape index (κ2) is 10.4. The van der Waals surface area contributed by atoms with Crippen molar-refractivity contribution in [1.29, 1.82) is 0 Å². The van der Waals surface area contributed by atoms with Crippen molar-refractivity contribution in [1.82, 2.24) is 0 Å². The summed E-state index contributed by atoms with van der Waals surface area (Å²) in [4.78, 5) is 17.4. The molecule has 0 spiro atoms. The number of nitrogens with one attached hydrogen (secondary N) is 3. The molecule has 31 heavy (non-hydrogen) atoms. The summed E-state index contributed by atoms with van der Waals surface area (Å²) in [6.07, 6.45) is -6.63. The molecule has 0 bridgehead atoms. The van der Waals surface area contributed by atoms with Gasteiger partial charge in [-0.25, -0.2) is 9.63 Å². The van der Waals surface area contributed by atoms with E-state index in [0.29, 0.717) is 22.8 Å². The first-order chi connectivity index (χ1) is 14.9. The van der Waals surface area contributed by atoms with Crippen molar-refractivity contribution in [2.45, 2.75) is 30.7 Å². The number of carbonyl (C=O) groups excluding carboxylic acids is 1. The van der Waals surface area contributed by atoms with E-state index in [0.717, 1.165) is 0 Å². The molecule has 0 unspecified atom stereocenters. The van der Waals surface area contributed by atoms with Gasteiger partial charge in [-0.05, 0) is 36.4 Å². The maximum atomic E-state index is 12.2. The maximum absolute atomic E-state index is 12.2. The number of aliphatic hydroxyl groups is 4. The molecule has 2 aromatic carbocycles. The van der Waals surface area contributed by atoms with Crippen LogP contribution in [0.5, 0.6) is 5.75 Å². The van der Waals surface area contributed by atoms with Crippen LogP contribution in [-0.4, -0.2) is 70.9 Å². The van der Waals surface area contributed by atoms with Crippen LogP contribution >= 0.6 is 0 Å². The third-order valence-electron chi connectivity index (χ3n) is 4.61. The lowest BCUT2D eigenvalue weighted by molar-refractivity contribution is -0.167. The summed E-state index contributed by atoms with van der Waals surface area (Å²) in [5.41, 5.74) is 4.08.